The van der Waals surface area contributed by atoms with Crippen LogP contribution >= 0.6 is 0 Å². The topological polar surface area (TPSA) is 43.8 Å². The van der Waals surface area contributed by atoms with Gasteiger partial charge in [0.2, 0.25) is 0 Å². The Morgan fingerprint density at radius 2 is 1.67 bits per heavy atom. The Morgan fingerprint density at radius 1 is 0.967 bits per heavy atom. The second kappa shape index (κ2) is 7.62. The molecule has 2 heterocycles. The van der Waals surface area contributed by atoms with Gasteiger partial charge in [-0.15, -0.1) is 0 Å². The zero-order valence-electron chi connectivity index (χ0n) is 17.1. The molecule has 30 heavy (non-hydrogen) atoms. The maximum Gasteiger partial charge on any atom is 0.254 e. The van der Waals surface area contributed by atoms with Crippen molar-refractivity contribution >= 4 is 11.6 Å². The van der Waals surface area contributed by atoms with Gasteiger partial charge < -0.3 is 14.9 Å². The molecule has 0 aliphatic carbocycles. The number of hydrogen-bond acceptors (Lipinski definition) is 3. The van der Waals surface area contributed by atoms with Crippen LogP contribution in [0.5, 0.6) is 0 Å². The second-order valence-electron chi connectivity index (χ2n) is 8.26. The van der Waals surface area contributed by atoms with Crippen LogP contribution in [0.15, 0.2) is 78.9 Å². The van der Waals surface area contributed by atoms with Gasteiger partial charge in [-0.2, -0.15) is 0 Å². The van der Waals surface area contributed by atoms with Crippen LogP contribution in [0.3, 0.4) is 0 Å². The summed E-state index contributed by atoms with van der Waals surface area (Å²) in [6.07, 6.45) is 0.897. The second-order valence-corrected chi connectivity index (χ2v) is 8.26. The lowest BCUT2D eigenvalue weighted by Gasteiger charge is -2.44. The number of hydrogen-bond donors (Lipinski definition) is 1. The molecule has 4 heteroatoms. The predicted molar refractivity (Wildman–Crippen MR) is 119 cm³/mol. The fraction of sp³-hybridized carbons (Fsp3) is 0.269. The predicted octanol–water partition coefficient (Wildman–Crippen LogP) is 4.37. The molecule has 152 valence electrons. The van der Waals surface area contributed by atoms with Crippen molar-refractivity contribution < 1.29 is 9.90 Å². The summed E-state index contributed by atoms with van der Waals surface area (Å²) < 4.78 is 0. The van der Waals surface area contributed by atoms with E-state index in [1.165, 1.54) is 11.1 Å². The molecule has 1 fully saturated rings. The van der Waals surface area contributed by atoms with E-state index in [0.29, 0.717) is 6.54 Å². The number of benzene rings is 3. The quantitative estimate of drug-likeness (QED) is 0.713. The van der Waals surface area contributed by atoms with Crippen molar-refractivity contribution in [2.45, 2.75) is 18.5 Å². The molecule has 4 nitrogen and oxygen atoms in total. The average Bonchev–Trinajstić information content (AvgIpc) is 3.25. The van der Waals surface area contributed by atoms with Crippen molar-refractivity contribution in [3.05, 3.63) is 90.0 Å². The molecular weight excluding hydrogens is 372 g/mol. The number of fused-ring (bicyclic) bond motifs is 3. The van der Waals surface area contributed by atoms with E-state index >= 15 is 0 Å². The summed E-state index contributed by atoms with van der Waals surface area (Å²) in [5.74, 6) is 0.284. The molecule has 0 unspecified atom stereocenters. The molecular formula is C26H26N2O2. The SMILES string of the molecule is CN1c2ccc(-c3ccccc3)cc2[C@H]2[C@H](CCN2C(=O)c2ccccc2)[C@@H]1CO. The molecule has 1 amide bonds. The summed E-state index contributed by atoms with van der Waals surface area (Å²) in [5, 5.41) is 10.2. The van der Waals surface area contributed by atoms with Crippen molar-refractivity contribution in [2.75, 3.05) is 25.1 Å². The van der Waals surface area contributed by atoms with Crippen molar-refractivity contribution in [1.82, 2.24) is 4.90 Å². The van der Waals surface area contributed by atoms with Crippen molar-refractivity contribution in [2.24, 2.45) is 5.92 Å². The number of rotatable bonds is 3. The van der Waals surface area contributed by atoms with E-state index in [0.717, 1.165) is 23.2 Å². The van der Waals surface area contributed by atoms with Gasteiger partial charge in [0.15, 0.2) is 0 Å². The summed E-state index contributed by atoms with van der Waals surface area (Å²) in [6, 6.07) is 26.4. The molecule has 5 rings (SSSR count). The lowest BCUT2D eigenvalue weighted by molar-refractivity contribution is 0.0694. The first-order valence-electron chi connectivity index (χ1n) is 10.6. The molecule has 0 bridgehead atoms. The first-order valence-corrected chi connectivity index (χ1v) is 10.6. The van der Waals surface area contributed by atoms with Gasteiger partial charge >= 0.3 is 0 Å². The zero-order chi connectivity index (χ0) is 20.7. The number of anilines is 1. The highest BCUT2D eigenvalue weighted by molar-refractivity contribution is 5.95. The van der Waals surface area contributed by atoms with E-state index in [1.54, 1.807) is 0 Å². The largest absolute Gasteiger partial charge is 0.394 e. The Morgan fingerprint density at radius 3 is 2.37 bits per heavy atom. The molecule has 0 saturated carbocycles. The number of nitrogens with zero attached hydrogens (tertiary/aromatic N) is 2. The maximum absolute atomic E-state index is 13.4. The average molecular weight is 399 g/mol. The van der Waals surface area contributed by atoms with E-state index in [1.807, 2.05) is 53.4 Å². The number of carbonyl (C=O) groups is 1. The van der Waals surface area contributed by atoms with Gasteiger partial charge in [0.05, 0.1) is 18.7 Å². The molecule has 2 aliphatic rings. The van der Waals surface area contributed by atoms with Crippen LogP contribution in [-0.2, 0) is 0 Å². The van der Waals surface area contributed by atoms with Gasteiger partial charge in [0.1, 0.15) is 0 Å². The Balaban J connectivity index is 1.61. The fourth-order valence-electron chi connectivity index (χ4n) is 5.24. The van der Waals surface area contributed by atoms with Crippen molar-refractivity contribution in [3.8, 4) is 11.1 Å². The molecule has 2 aliphatic heterocycles. The highest BCUT2D eigenvalue weighted by atomic mass is 16.3. The smallest absolute Gasteiger partial charge is 0.254 e. The first-order chi connectivity index (χ1) is 14.7. The third-order valence-electron chi connectivity index (χ3n) is 6.74. The number of carbonyl (C=O) groups excluding carboxylic acids is 1. The summed E-state index contributed by atoms with van der Waals surface area (Å²) in [7, 11) is 2.06. The Labute approximate surface area is 177 Å². The van der Waals surface area contributed by atoms with Crippen LogP contribution in [0.25, 0.3) is 11.1 Å². The van der Waals surface area contributed by atoms with Gasteiger partial charge in [-0.05, 0) is 47.4 Å². The normalized spacial score (nSPS) is 22.5. The van der Waals surface area contributed by atoms with Crippen LogP contribution in [0.2, 0.25) is 0 Å². The lowest BCUT2D eigenvalue weighted by atomic mass is 9.81. The van der Waals surface area contributed by atoms with Crippen LogP contribution < -0.4 is 4.90 Å². The number of amides is 1. The lowest BCUT2D eigenvalue weighted by Crippen LogP contribution is -2.48. The molecule has 0 spiro atoms. The molecule has 3 aromatic carbocycles. The van der Waals surface area contributed by atoms with Crippen LogP contribution in [0.4, 0.5) is 5.69 Å². The van der Waals surface area contributed by atoms with Crippen molar-refractivity contribution in [3.63, 3.8) is 0 Å². The summed E-state index contributed by atoms with van der Waals surface area (Å²) in [6.45, 7) is 0.799. The molecule has 1 saturated heterocycles. The molecule has 3 atom stereocenters. The highest BCUT2D eigenvalue weighted by Gasteiger charge is 2.47. The summed E-state index contributed by atoms with van der Waals surface area (Å²) in [4.78, 5) is 17.6. The molecule has 3 aromatic rings. The van der Waals surface area contributed by atoms with Crippen molar-refractivity contribution in [1.29, 1.82) is 0 Å². The van der Waals surface area contributed by atoms with E-state index in [9.17, 15) is 9.90 Å². The summed E-state index contributed by atoms with van der Waals surface area (Å²) in [5.41, 5.74) is 5.32. The van der Waals surface area contributed by atoms with Gasteiger partial charge in [-0.1, -0.05) is 54.6 Å². The third kappa shape index (κ3) is 2.99. The molecule has 0 radical (unpaired) electrons. The summed E-state index contributed by atoms with van der Waals surface area (Å²) >= 11 is 0. The van der Waals surface area contributed by atoms with E-state index in [4.69, 9.17) is 0 Å². The Kier molecular flexibility index (Phi) is 4.80. The Hall–Kier alpha value is -3.11. The standard InChI is InChI=1S/C26H26N2O2/c1-27-23-13-12-20(18-8-4-2-5-9-18)16-22(23)25-21(24(27)17-29)14-15-28(25)26(30)19-10-6-3-7-11-19/h2-13,16,21,24-25,29H,14-15,17H2,1H3/t21-,24+,25-/m1/s1. The van der Waals surface area contributed by atoms with Gasteiger partial charge in [-0.3, -0.25) is 4.79 Å². The minimum atomic E-state index is -0.0234. The van der Waals surface area contributed by atoms with Gasteiger partial charge in [-0.25, -0.2) is 0 Å². The third-order valence-corrected chi connectivity index (χ3v) is 6.74. The highest BCUT2D eigenvalue weighted by Crippen LogP contribution is 2.49. The van der Waals surface area contributed by atoms with Gasteiger partial charge in [0, 0.05) is 30.8 Å². The van der Waals surface area contributed by atoms with Gasteiger partial charge in [0.25, 0.3) is 5.91 Å². The zero-order valence-corrected chi connectivity index (χ0v) is 17.1. The van der Waals surface area contributed by atoms with E-state index < -0.39 is 0 Å². The fourth-order valence-corrected chi connectivity index (χ4v) is 5.24. The van der Waals surface area contributed by atoms with E-state index in [2.05, 4.69) is 42.3 Å². The number of likely N-dealkylation sites (N-methyl/N-ethyl adjacent to an activating group) is 1. The van der Waals surface area contributed by atoms with Crippen LogP contribution in [0, 0.1) is 5.92 Å². The Bertz CT molecular complexity index is 1050. The molecule has 1 N–H and O–H groups in total. The number of aliphatic hydroxyl groups is 1. The van der Waals surface area contributed by atoms with E-state index in [-0.39, 0.29) is 30.5 Å². The minimum absolute atomic E-state index is 0.0126. The molecule has 0 aromatic heterocycles. The number of aliphatic hydroxyl groups excluding tert-OH is 1. The monoisotopic (exact) mass is 398 g/mol. The van der Waals surface area contributed by atoms with Crippen LogP contribution in [0.1, 0.15) is 28.4 Å². The maximum atomic E-state index is 13.4. The first kappa shape index (κ1) is 18.9. The number of likely N-dealkylation sites (tertiary alicyclic amines) is 1. The van der Waals surface area contributed by atoms with Crippen LogP contribution in [-0.4, -0.2) is 42.2 Å². The minimum Gasteiger partial charge on any atom is -0.394 e.